The summed E-state index contributed by atoms with van der Waals surface area (Å²) in [7, 11) is -9.93. The number of aliphatic hydroxyl groups excluding tert-OH is 1. The van der Waals surface area contributed by atoms with Crippen molar-refractivity contribution in [2.75, 3.05) is 39.6 Å². The van der Waals surface area contributed by atoms with Gasteiger partial charge in [0.2, 0.25) is 0 Å². The Kier molecular flexibility index (Phi) is 76.3. The average molecular weight is 1520 g/mol. The summed E-state index contributed by atoms with van der Waals surface area (Å²) in [5.74, 6) is -1.25. The Morgan fingerprint density at radius 3 is 0.683 bits per heavy atom. The van der Waals surface area contributed by atoms with E-state index in [-0.39, 0.29) is 25.7 Å². The molecular formula is C85H166O17P2. The Hall–Kier alpha value is -1.94. The van der Waals surface area contributed by atoms with Crippen molar-refractivity contribution in [1.82, 2.24) is 0 Å². The minimum atomic E-state index is -4.96. The second kappa shape index (κ2) is 77.8. The first kappa shape index (κ1) is 102. The molecule has 0 saturated heterocycles. The second-order valence-electron chi connectivity index (χ2n) is 30.8. The Labute approximate surface area is 638 Å². The second-order valence-corrected chi connectivity index (χ2v) is 33.7. The molecule has 0 aliphatic heterocycles. The van der Waals surface area contributed by atoms with Gasteiger partial charge in [-0.3, -0.25) is 37.3 Å². The van der Waals surface area contributed by atoms with Crippen molar-refractivity contribution in [3.63, 3.8) is 0 Å². The maximum atomic E-state index is 13.1. The molecule has 17 nitrogen and oxygen atoms in total. The zero-order valence-electron chi connectivity index (χ0n) is 68.2. The summed E-state index contributed by atoms with van der Waals surface area (Å²) in [6, 6.07) is 0. The van der Waals surface area contributed by atoms with E-state index in [1.165, 1.54) is 283 Å². The van der Waals surface area contributed by atoms with Gasteiger partial charge in [-0.25, -0.2) is 9.13 Å². The number of unbranched alkanes of at least 4 members (excludes halogenated alkanes) is 56. The third-order valence-electron chi connectivity index (χ3n) is 20.4. The van der Waals surface area contributed by atoms with Crippen molar-refractivity contribution in [3.8, 4) is 0 Å². The highest BCUT2D eigenvalue weighted by Crippen LogP contribution is 2.45. The van der Waals surface area contributed by atoms with Gasteiger partial charge < -0.3 is 33.8 Å². The number of hydrogen-bond donors (Lipinski definition) is 3. The van der Waals surface area contributed by atoms with Crippen LogP contribution in [0.4, 0.5) is 0 Å². The fourth-order valence-electron chi connectivity index (χ4n) is 13.3. The van der Waals surface area contributed by atoms with Crippen molar-refractivity contribution >= 4 is 39.5 Å². The van der Waals surface area contributed by atoms with Crippen LogP contribution < -0.4 is 0 Å². The molecular weight excluding hydrogens is 1350 g/mol. The van der Waals surface area contributed by atoms with E-state index in [9.17, 15) is 43.2 Å². The normalized spacial score (nSPS) is 14.0. The predicted molar refractivity (Wildman–Crippen MR) is 428 cm³/mol. The summed E-state index contributed by atoms with van der Waals surface area (Å²) in [6.45, 7) is 7.42. The fourth-order valence-corrected chi connectivity index (χ4v) is 14.8. The van der Waals surface area contributed by atoms with E-state index >= 15 is 0 Å². The zero-order chi connectivity index (χ0) is 76.2. The Morgan fingerprint density at radius 2 is 0.462 bits per heavy atom. The van der Waals surface area contributed by atoms with Gasteiger partial charge in [-0.2, -0.15) is 0 Å². The predicted octanol–water partition coefficient (Wildman–Crippen LogP) is 26.0. The quantitative estimate of drug-likeness (QED) is 0.0222. The highest BCUT2D eigenvalue weighted by Gasteiger charge is 2.30. The third-order valence-corrected chi connectivity index (χ3v) is 22.3. The summed E-state index contributed by atoms with van der Waals surface area (Å²) >= 11 is 0. The number of hydrogen-bond acceptors (Lipinski definition) is 15. The van der Waals surface area contributed by atoms with Crippen LogP contribution >= 0.6 is 15.6 Å². The molecule has 6 atom stereocenters. The largest absolute Gasteiger partial charge is 0.472 e. The van der Waals surface area contributed by atoms with Crippen LogP contribution in [0.3, 0.4) is 0 Å². The standard InChI is InChI=1S/C85H166O17P2/c1-6-10-13-16-19-22-25-27-29-31-33-34-39-44-49-54-59-64-69-83(88)96-75-81(102-85(90)71-66-61-56-51-46-41-37-36-38-43-47-52-57-62-67-78(5)9-4)77-100-104(93,94)98-73-79(86)72-97-103(91,92)99-76-80(74-95-82(87)68-63-58-53-48-42-24-21-18-15-12-8-3)101-84(89)70-65-60-55-50-45-40-35-32-30-28-26-23-20-17-14-11-7-2/h78-81,86H,6-77H2,1-5H3,(H,91,92)(H,93,94)/t78?,79-,80+,81+/m0/s1. The Balaban J connectivity index is 5.25. The molecule has 0 aromatic rings. The molecule has 0 fully saturated rings. The molecule has 0 saturated carbocycles. The van der Waals surface area contributed by atoms with E-state index in [0.717, 1.165) is 95.8 Å². The average Bonchev–Trinajstić information content (AvgIpc) is 0.906. The van der Waals surface area contributed by atoms with Crippen LogP contribution in [0.15, 0.2) is 0 Å². The van der Waals surface area contributed by atoms with Gasteiger partial charge in [0.25, 0.3) is 0 Å². The van der Waals surface area contributed by atoms with Crippen LogP contribution in [0.2, 0.25) is 0 Å². The lowest BCUT2D eigenvalue weighted by Crippen LogP contribution is -2.30. The van der Waals surface area contributed by atoms with Gasteiger partial charge in [-0.15, -0.1) is 0 Å². The molecule has 0 aliphatic carbocycles. The van der Waals surface area contributed by atoms with E-state index in [1.54, 1.807) is 0 Å². The van der Waals surface area contributed by atoms with E-state index in [2.05, 4.69) is 34.6 Å². The molecule has 0 rings (SSSR count). The number of aliphatic hydroxyl groups is 1. The van der Waals surface area contributed by atoms with Crippen molar-refractivity contribution in [2.24, 2.45) is 5.92 Å². The van der Waals surface area contributed by atoms with Crippen LogP contribution in [-0.2, 0) is 65.4 Å². The van der Waals surface area contributed by atoms with Gasteiger partial charge >= 0.3 is 39.5 Å². The molecule has 104 heavy (non-hydrogen) atoms. The van der Waals surface area contributed by atoms with Crippen LogP contribution in [0, 0.1) is 5.92 Å². The molecule has 0 heterocycles. The number of ether oxygens (including phenoxy) is 4. The first-order valence-corrected chi connectivity index (χ1v) is 47.2. The van der Waals surface area contributed by atoms with E-state index < -0.39 is 97.5 Å². The highest BCUT2D eigenvalue weighted by atomic mass is 31.2. The third kappa shape index (κ3) is 76.8. The highest BCUT2D eigenvalue weighted by molar-refractivity contribution is 7.47. The van der Waals surface area contributed by atoms with Gasteiger partial charge in [-0.1, -0.05) is 407 Å². The summed E-state index contributed by atoms with van der Waals surface area (Å²) < 4.78 is 68.9. The summed E-state index contributed by atoms with van der Waals surface area (Å²) in [5.41, 5.74) is 0. The number of rotatable bonds is 85. The number of carbonyl (C=O) groups is 4. The topological polar surface area (TPSA) is 237 Å². The van der Waals surface area contributed by atoms with Crippen molar-refractivity contribution in [2.45, 2.75) is 477 Å². The molecule has 0 bridgehead atoms. The van der Waals surface area contributed by atoms with Crippen LogP contribution in [0.5, 0.6) is 0 Å². The number of carbonyl (C=O) groups excluding carboxylic acids is 4. The molecule has 3 unspecified atom stereocenters. The van der Waals surface area contributed by atoms with Gasteiger partial charge in [0, 0.05) is 25.7 Å². The molecule has 3 N–H and O–H groups in total. The first-order chi connectivity index (χ1) is 50.6. The summed E-state index contributed by atoms with van der Waals surface area (Å²) in [5, 5.41) is 10.7. The number of phosphoric acid groups is 2. The molecule has 0 aromatic carbocycles. The molecule has 0 aliphatic rings. The van der Waals surface area contributed by atoms with Gasteiger partial charge in [0.1, 0.15) is 19.3 Å². The minimum absolute atomic E-state index is 0.109. The van der Waals surface area contributed by atoms with Crippen LogP contribution in [0.25, 0.3) is 0 Å². The van der Waals surface area contributed by atoms with E-state index in [0.29, 0.717) is 25.7 Å². The lowest BCUT2D eigenvalue weighted by Gasteiger charge is -2.21. The fraction of sp³-hybridized carbons (Fsp3) is 0.953. The smallest absolute Gasteiger partial charge is 0.462 e. The number of esters is 4. The van der Waals surface area contributed by atoms with Crippen molar-refractivity contribution < 1.29 is 80.2 Å². The van der Waals surface area contributed by atoms with Crippen molar-refractivity contribution in [1.29, 1.82) is 0 Å². The summed E-state index contributed by atoms with van der Waals surface area (Å²) in [4.78, 5) is 73.2. The summed E-state index contributed by atoms with van der Waals surface area (Å²) in [6.07, 6.45) is 70.6. The molecule has 0 amide bonds. The zero-order valence-corrected chi connectivity index (χ0v) is 70.0. The monoisotopic (exact) mass is 1520 g/mol. The van der Waals surface area contributed by atoms with Gasteiger partial charge in [0.15, 0.2) is 12.2 Å². The SMILES string of the molecule is CCCCCCCCCCCCCCCCCCCCC(=O)OC[C@H](COP(=O)(O)OC[C@@H](O)COP(=O)(O)OC[C@@H](COC(=O)CCCCCCCCCCCCC)OC(=O)CCCCCCCCCCCCCCCCCCC)OC(=O)CCCCCCCCCCCCCCCCC(C)CC. The Morgan fingerprint density at radius 1 is 0.269 bits per heavy atom. The lowest BCUT2D eigenvalue weighted by atomic mass is 9.99. The lowest BCUT2D eigenvalue weighted by molar-refractivity contribution is -0.161. The molecule has 0 radical (unpaired) electrons. The molecule has 618 valence electrons. The molecule has 0 spiro atoms. The molecule has 0 aromatic heterocycles. The Bertz CT molecular complexity index is 1980. The first-order valence-electron chi connectivity index (χ1n) is 44.2. The minimum Gasteiger partial charge on any atom is -0.462 e. The molecule has 19 heteroatoms. The van der Waals surface area contributed by atoms with E-state index in [4.69, 9.17) is 37.0 Å². The van der Waals surface area contributed by atoms with Crippen LogP contribution in [0.1, 0.15) is 458 Å². The van der Waals surface area contributed by atoms with Crippen molar-refractivity contribution in [3.05, 3.63) is 0 Å². The van der Waals surface area contributed by atoms with Crippen LogP contribution in [-0.4, -0.2) is 96.7 Å². The maximum Gasteiger partial charge on any atom is 0.472 e. The maximum absolute atomic E-state index is 13.1. The van der Waals surface area contributed by atoms with Gasteiger partial charge in [-0.05, 0) is 31.6 Å². The number of phosphoric ester groups is 2. The van der Waals surface area contributed by atoms with Gasteiger partial charge in [0.05, 0.1) is 26.4 Å². The van der Waals surface area contributed by atoms with E-state index in [1.807, 2.05) is 0 Å².